The summed E-state index contributed by atoms with van der Waals surface area (Å²) in [5, 5.41) is 5.97. The molecule has 0 atom stereocenters. The van der Waals surface area contributed by atoms with Gasteiger partial charge in [-0.25, -0.2) is 9.97 Å². The van der Waals surface area contributed by atoms with Crippen LogP contribution >= 0.6 is 0 Å². The first kappa shape index (κ1) is 19.2. The fraction of sp³-hybridized carbons (Fsp3) is 0.190. The minimum Gasteiger partial charge on any atom is -0.497 e. The van der Waals surface area contributed by atoms with Crippen LogP contribution in [0.1, 0.15) is 16.1 Å². The molecule has 0 fully saturated rings. The first-order chi connectivity index (χ1) is 13.7. The maximum Gasteiger partial charge on any atom is 0.271 e. The summed E-state index contributed by atoms with van der Waals surface area (Å²) in [5.41, 5.74) is 2.12. The molecule has 0 aliphatic carbocycles. The highest BCUT2D eigenvalue weighted by atomic mass is 16.5. The number of benzene rings is 2. The first-order valence-electron chi connectivity index (χ1n) is 8.83. The van der Waals surface area contributed by atoms with Crippen molar-refractivity contribution in [2.75, 3.05) is 26.1 Å². The van der Waals surface area contributed by atoms with Gasteiger partial charge < -0.3 is 20.1 Å². The van der Waals surface area contributed by atoms with Gasteiger partial charge in [-0.2, -0.15) is 0 Å². The van der Waals surface area contributed by atoms with Gasteiger partial charge in [0.2, 0.25) is 0 Å². The van der Waals surface area contributed by atoms with E-state index in [0.29, 0.717) is 29.5 Å². The first-order valence-corrected chi connectivity index (χ1v) is 8.83. The molecule has 0 aliphatic heterocycles. The van der Waals surface area contributed by atoms with Gasteiger partial charge in [-0.3, -0.25) is 4.79 Å². The van der Waals surface area contributed by atoms with Crippen LogP contribution in [0.2, 0.25) is 0 Å². The number of aromatic nitrogens is 2. The summed E-state index contributed by atoms with van der Waals surface area (Å²) in [4.78, 5) is 20.7. The lowest BCUT2D eigenvalue weighted by molar-refractivity contribution is 0.0949. The molecule has 144 valence electrons. The second-order valence-corrected chi connectivity index (χ2v) is 5.97. The average molecular weight is 378 g/mol. The molecule has 2 N–H and O–H groups in total. The van der Waals surface area contributed by atoms with Gasteiger partial charge in [0.1, 0.15) is 23.0 Å². The van der Waals surface area contributed by atoms with E-state index in [1.54, 1.807) is 32.4 Å². The Balaban J connectivity index is 1.59. The van der Waals surface area contributed by atoms with Crippen LogP contribution in [0.15, 0.2) is 60.9 Å². The molecule has 0 aliphatic rings. The highest BCUT2D eigenvalue weighted by Crippen LogP contribution is 2.30. The highest BCUT2D eigenvalue weighted by molar-refractivity contribution is 5.92. The van der Waals surface area contributed by atoms with E-state index in [9.17, 15) is 4.79 Å². The van der Waals surface area contributed by atoms with E-state index >= 15 is 0 Å². The van der Waals surface area contributed by atoms with Crippen LogP contribution in [0, 0.1) is 0 Å². The molecule has 0 bridgehead atoms. The maximum absolute atomic E-state index is 12.2. The van der Waals surface area contributed by atoms with E-state index < -0.39 is 0 Å². The number of nitrogens with one attached hydrogen (secondary N) is 2. The SMILES string of the molecule is COc1ccc(OC)c(Nc2cnc(C(=O)NCCc3ccccc3)cn2)c1. The largest absolute Gasteiger partial charge is 0.497 e. The lowest BCUT2D eigenvalue weighted by Gasteiger charge is -2.12. The quantitative estimate of drug-likeness (QED) is 0.626. The van der Waals surface area contributed by atoms with Gasteiger partial charge in [-0.05, 0) is 24.1 Å². The average Bonchev–Trinajstić information content (AvgIpc) is 2.75. The fourth-order valence-corrected chi connectivity index (χ4v) is 2.62. The Labute approximate surface area is 163 Å². The summed E-state index contributed by atoms with van der Waals surface area (Å²) in [6.45, 7) is 0.533. The van der Waals surface area contributed by atoms with Crippen molar-refractivity contribution in [2.45, 2.75) is 6.42 Å². The molecule has 1 heterocycles. The molecule has 1 aromatic heterocycles. The van der Waals surface area contributed by atoms with Crippen molar-refractivity contribution in [2.24, 2.45) is 0 Å². The van der Waals surface area contributed by atoms with Gasteiger partial charge in [0, 0.05) is 12.6 Å². The Morgan fingerprint density at radius 3 is 2.50 bits per heavy atom. The summed E-state index contributed by atoms with van der Waals surface area (Å²) in [6.07, 6.45) is 3.70. The molecule has 3 aromatic rings. The number of amides is 1. The summed E-state index contributed by atoms with van der Waals surface area (Å²) in [5.74, 6) is 1.57. The third-order valence-electron chi connectivity index (χ3n) is 4.10. The Hall–Kier alpha value is -3.61. The van der Waals surface area contributed by atoms with Crippen LogP contribution in [-0.2, 0) is 6.42 Å². The second kappa shape index (κ2) is 9.36. The lowest BCUT2D eigenvalue weighted by atomic mass is 10.1. The number of hydrogen-bond donors (Lipinski definition) is 2. The number of carbonyl (C=O) groups is 1. The predicted molar refractivity (Wildman–Crippen MR) is 107 cm³/mol. The van der Waals surface area contributed by atoms with Gasteiger partial charge in [-0.15, -0.1) is 0 Å². The molecule has 0 saturated carbocycles. The number of carbonyl (C=O) groups excluding carboxylic acids is 1. The van der Waals surface area contributed by atoms with Crippen LogP contribution in [0.3, 0.4) is 0 Å². The molecular weight excluding hydrogens is 356 g/mol. The minimum atomic E-state index is -0.256. The molecule has 0 spiro atoms. The fourth-order valence-electron chi connectivity index (χ4n) is 2.62. The van der Waals surface area contributed by atoms with Crippen molar-refractivity contribution >= 4 is 17.4 Å². The van der Waals surface area contributed by atoms with Crippen LogP contribution < -0.4 is 20.1 Å². The molecule has 3 rings (SSSR count). The van der Waals surface area contributed by atoms with E-state index in [1.165, 1.54) is 18.0 Å². The highest BCUT2D eigenvalue weighted by Gasteiger charge is 2.10. The van der Waals surface area contributed by atoms with Crippen molar-refractivity contribution < 1.29 is 14.3 Å². The zero-order valence-corrected chi connectivity index (χ0v) is 15.8. The molecule has 2 aromatic carbocycles. The summed E-state index contributed by atoms with van der Waals surface area (Å²) in [6, 6.07) is 15.4. The van der Waals surface area contributed by atoms with Crippen LogP contribution in [0.4, 0.5) is 11.5 Å². The topological polar surface area (TPSA) is 85.4 Å². The van der Waals surface area contributed by atoms with Gasteiger partial charge >= 0.3 is 0 Å². The van der Waals surface area contributed by atoms with Gasteiger partial charge in [0.15, 0.2) is 0 Å². The number of ether oxygens (including phenoxy) is 2. The second-order valence-electron chi connectivity index (χ2n) is 5.97. The molecule has 28 heavy (non-hydrogen) atoms. The number of anilines is 2. The maximum atomic E-state index is 12.2. The van der Waals surface area contributed by atoms with Crippen LogP contribution in [0.25, 0.3) is 0 Å². The van der Waals surface area contributed by atoms with Crippen LogP contribution in [-0.4, -0.2) is 36.6 Å². The summed E-state index contributed by atoms with van der Waals surface area (Å²) < 4.78 is 10.6. The molecule has 0 radical (unpaired) electrons. The Morgan fingerprint density at radius 2 is 1.82 bits per heavy atom. The van der Waals surface area contributed by atoms with Crippen molar-refractivity contribution in [1.82, 2.24) is 15.3 Å². The third kappa shape index (κ3) is 4.97. The number of methoxy groups -OCH3 is 2. The van der Waals surface area contributed by atoms with E-state index in [2.05, 4.69) is 20.6 Å². The van der Waals surface area contributed by atoms with E-state index in [1.807, 2.05) is 30.3 Å². The molecule has 0 unspecified atom stereocenters. The molecule has 0 saturated heterocycles. The smallest absolute Gasteiger partial charge is 0.271 e. The molecule has 7 nitrogen and oxygen atoms in total. The molecule has 7 heteroatoms. The van der Waals surface area contributed by atoms with E-state index in [4.69, 9.17) is 9.47 Å². The molecular formula is C21H22N4O3. The van der Waals surface area contributed by atoms with Gasteiger partial charge in [0.05, 0.1) is 32.3 Å². The minimum absolute atomic E-state index is 0.256. The Morgan fingerprint density at radius 1 is 1.00 bits per heavy atom. The third-order valence-corrected chi connectivity index (χ3v) is 4.10. The monoisotopic (exact) mass is 378 g/mol. The standard InChI is InChI=1S/C21H22N4O3/c1-27-16-8-9-19(28-2)17(12-16)25-20-14-23-18(13-24-20)21(26)22-11-10-15-6-4-3-5-7-15/h3-9,12-14H,10-11H2,1-2H3,(H,22,26)(H,24,25). The van der Waals surface area contributed by atoms with Crippen molar-refractivity contribution in [3.8, 4) is 11.5 Å². The zero-order chi connectivity index (χ0) is 19.8. The normalized spacial score (nSPS) is 10.2. The molecule has 1 amide bonds. The van der Waals surface area contributed by atoms with Gasteiger partial charge in [-0.1, -0.05) is 30.3 Å². The Bertz CT molecular complexity index is 915. The zero-order valence-electron chi connectivity index (χ0n) is 15.8. The van der Waals surface area contributed by atoms with Gasteiger partial charge in [0.25, 0.3) is 5.91 Å². The number of nitrogens with zero attached hydrogens (tertiary/aromatic N) is 2. The van der Waals surface area contributed by atoms with E-state index in [0.717, 1.165) is 6.42 Å². The lowest BCUT2D eigenvalue weighted by Crippen LogP contribution is -2.26. The van der Waals surface area contributed by atoms with Crippen molar-refractivity contribution in [3.05, 3.63) is 72.2 Å². The number of hydrogen-bond acceptors (Lipinski definition) is 6. The summed E-state index contributed by atoms with van der Waals surface area (Å²) in [7, 11) is 3.18. The van der Waals surface area contributed by atoms with Crippen molar-refractivity contribution in [3.63, 3.8) is 0 Å². The summed E-state index contributed by atoms with van der Waals surface area (Å²) >= 11 is 0. The number of rotatable bonds is 8. The van der Waals surface area contributed by atoms with Crippen molar-refractivity contribution in [1.29, 1.82) is 0 Å². The van der Waals surface area contributed by atoms with Crippen LogP contribution in [0.5, 0.6) is 11.5 Å². The predicted octanol–water partition coefficient (Wildman–Crippen LogP) is 3.21. The van der Waals surface area contributed by atoms with E-state index in [-0.39, 0.29) is 11.6 Å². The Kier molecular flexibility index (Phi) is 6.41.